The number of hydrogen-bond donors (Lipinski definition) is 3. The number of carbonyl (C=O) groups is 1. The number of aromatic nitrogens is 2. The third kappa shape index (κ3) is 6.34. The third-order valence-electron chi connectivity index (χ3n) is 4.42. The Labute approximate surface area is 182 Å². The fourth-order valence-corrected chi connectivity index (χ4v) is 3.18. The van der Waals surface area contributed by atoms with Gasteiger partial charge in [-0.2, -0.15) is 5.10 Å². The zero-order chi connectivity index (χ0) is 21.6. The number of halogens is 1. The van der Waals surface area contributed by atoms with Gasteiger partial charge in [-0.05, 0) is 49.6 Å². The Bertz CT molecular complexity index is 933. The molecule has 0 fully saturated rings. The zero-order valence-corrected chi connectivity index (χ0v) is 18.2. The maximum Gasteiger partial charge on any atom is 0.407 e. The van der Waals surface area contributed by atoms with Gasteiger partial charge in [-0.25, -0.2) is 4.79 Å². The second kappa shape index (κ2) is 9.78. The van der Waals surface area contributed by atoms with Crippen LogP contribution in [0.2, 0.25) is 5.02 Å². The van der Waals surface area contributed by atoms with Crippen LogP contribution in [0.15, 0.2) is 60.9 Å². The predicted molar refractivity (Wildman–Crippen MR) is 120 cm³/mol. The van der Waals surface area contributed by atoms with Crippen molar-refractivity contribution in [3.63, 3.8) is 0 Å². The first-order valence-corrected chi connectivity index (χ1v) is 10.2. The molecular weight excluding hydrogens is 400 g/mol. The molecule has 1 aromatic heterocycles. The van der Waals surface area contributed by atoms with Gasteiger partial charge in [-0.1, -0.05) is 48.0 Å². The molecule has 1 atom stereocenters. The first-order valence-electron chi connectivity index (χ1n) is 9.87. The SMILES string of the molecule is CC(C)(C)OC(=O)NCCNC(c1ccc(Cl)cc1)c1ccc(-c2cn[nH]c2)cc1. The summed E-state index contributed by atoms with van der Waals surface area (Å²) in [6, 6.07) is 16.1. The number of nitrogens with one attached hydrogen (secondary N) is 3. The van der Waals surface area contributed by atoms with Crippen molar-refractivity contribution in [2.24, 2.45) is 0 Å². The second-order valence-corrected chi connectivity index (χ2v) is 8.41. The van der Waals surface area contributed by atoms with Crippen molar-refractivity contribution in [3.8, 4) is 11.1 Å². The lowest BCUT2D eigenvalue weighted by molar-refractivity contribution is 0.0528. The molecule has 1 heterocycles. The van der Waals surface area contributed by atoms with Gasteiger partial charge in [0.2, 0.25) is 0 Å². The molecule has 0 saturated carbocycles. The minimum Gasteiger partial charge on any atom is -0.444 e. The average molecular weight is 427 g/mol. The lowest BCUT2D eigenvalue weighted by atomic mass is 9.96. The fourth-order valence-electron chi connectivity index (χ4n) is 3.06. The highest BCUT2D eigenvalue weighted by Gasteiger charge is 2.17. The molecule has 1 amide bonds. The first-order chi connectivity index (χ1) is 14.3. The van der Waals surface area contributed by atoms with Gasteiger partial charge < -0.3 is 15.4 Å². The summed E-state index contributed by atoms with van der Waals surface area (Å²) >= 11 is 6.06. The number of hydrogen-bond acceptors (Lipinski definition) is 4. The monoisotopic (exact) mass is 426 g/mol. The lowest BCUT2D eigenvalue weighted by Crippen LogP contribution is -2.37. The van der Waals surface area contributed by atoms with Crippen LogP contribution in [0.4, 0.5) is 4.79 Å². The van der Waals surface area contributed by atoms with E-state index in [-0.39, 0.29) is 6.04 Å². The van der Waals surface area contributed by atoms with Gasteiger partial charge >= 0.3 is 6.09 Å². The van der Waals surface area contributed by atoms with Crippen molar-refractivity contribution >= 4 is 17.7 Å². The first kappa shape index (κ1) is 21.9. The van der Waals surface area contributed by atoms with Gasteiger partial charge in [0.15, 0.2) is 0 Å². The summed E-state index contributed by atoms with van der Waals surface area (Å²) < 4.78 is 5.28. The number of aromatic amines is 1. The van der Waals surface area contributed by atoms with Crippen LogP contribution in [-0.2, 0) is 4.74 Å². The van der Waals surface area contributed by atoms with Crippen molar-refractivity contribution in [1.82, 2.24) is 20.8 Å². The summed E-state index contributed by atoms with van der Waals surface area (Å²) in [6.45, 7) is 6.56. The summed E-state index contributed by atoms with van der Waals surface area (Å²) in [5.74, 6) is 0. The summed E-state index contributed by atoms with van der Waals surface area (Å²) in [5.41, 5.74) is 3.82. The second-order valence-electron chi connectivity index (χ2n) is 7.98. The molecule has 0 aliphatic rings. The highest BCUT2D eigenvalue weighted by molar-refractivity contribution is 6.30. The van der Waals surface area contributed by atoms with Crippen LogP contribution in [-0.4, -0.2) is 35.0 Å². The van der Waals surface area contributed by atoms with Gasteiger partial charge in [0.1, 0.15) is 5.60 Å². The quantitative estimate of drug-likeness (QED) is 0.468. The van der Waals surface area contributed by atoms with Crippen molar-refractivity contribution in [1.29, 1.82) is 0 Å². The van der Waals surface area contributed by atoms with E-state index in [1.165, 1.54) is 0 Å². The van der Waals surface area contributed by atoms with E-state index in [2.05, 4.69) is 45.1 Å². The molecule has 2 aromatic carbocycles. The molecule has 6 nitrogen and oxygen atoms in total. The number of rotatable bonds is 7. The molecule has 0 saturated heterocycles. The van der Waals surface area contributed by atoms with Gasteiger partial charge in [0, 0.05) is 29.9 Å². The van der Waals surface area contributed by atoms with Crippen LogP contribution in [0.5, 0.6) is 0 Å². The molecule has 0 spiro atoms. The number of benzene rings is 2. The maximum absolute atomic E-state index is 11.8. The van der Waals surface area contributed by atoms with Crippen molar-refractivity contribution in [3.05, 3.63) is 77.1 Å². The van der Waals surface area contributed by atoms with Crippen LogP contribution in [0.25, 0.3) is 11.1 Å². The zero-order valence-electron chi connectivity index (χ0n) is 17.4. The van der Waals surface area contributed by atoms with E-state index >= 15 is 0 Å². The molecule has 7 heteroatoms. The maximum atomic E-state index is 11.8. The smallest absolute Gasteiger partial charge is 0.407 e. The Morgan fingerprint density at radius 3 is 2.23 bits per heavy atom. The molecular formula is C23H27ClN4O2. The van der Waals surface area contributed by atoms with Gasteiger partial charge in [0.25, 0.3) is 0 Å². The van der Waals surface area contributed by atoms with Crippen LogP contribution in [0.3, 0.4) is 0 Å². The molecule has 30 heavy (non-hydrogen) atoms. The van der Waals surface area contributed by atoms with Crippen LogP contribution < -0.4 is 10.6 Å². The molecule has 3 aromatic rings. The van der Waals surface area contributed by atoms with Crippen LogP contribution in [0.1, 0.15) is 37.9 Å². The van der Waals surface area contributed by atoms with E-state index in [0.29, 0.717) is 18.1 Å². The Hall–Kier alpha value is -2.83. The highest BCUT2D eigenvalue weighted by atomic mass is 35.5. The number of alkyl carbamates (subject to hydrolysis) is 1. The Morgan fingerprint density at radius 1 is 1.03 bits per heavy atom. The molecule has 0 radical (unpaired) electrons. The third-order valence-corrected chi connectivity index (χ3v) is 4.67. The molecule has 0 bridgehead atoms. The number of nitrogens with zero attached hydrogens (tertiary/aromatic N) is 1. The summed E-state index contributed by atoms with van der Waals surface area (Å²) in [4.78, 5) is 11.8. The molecule has 3 rings (SSSR count). The lowest BCUT2D eigenvalue weighted by Gasteiger charge is -2.22. The van der Waals surface area contributed by atoms with Gasteiger partial charge in [-0.3, -0.25) is 5.10 Å². The Morgan fingerprint density at radius 2 is 1.67 bits per heavy atom. The van der Waals surface area contributed by atoms with Crippen LogP contribution >= 0.6 is 11.6 Å². The highest BCUT2D eigenvalue weighted by Crippen LogP contribution is 2.26. The van der Waals surface area contributed by atoms with E-state index in [1.807, 2.05) is 51.2 Å². The molecule has 1 unspecified atom stereocenters. The summed E-state index contributed by atoms with van der Waals surface area (Å²) in [7, 11) is 0. The van der Waals surface area contributed by atoms with E-state index in [1.54, 1.807) is 6.20 Å². The molecule has 0 aliphatic carbocycles. The van der Waals surface area contributed by atoms with E-state index < -0.39 is 11.7 Å². The number of H-pyrrole nitrogens is 1. The Kier molecular flexibility index (Phi) is 7.13. The fraction of sp³-hybridized carbons (Fsp3) is 0.304. The van der Waals surface area contributed by atoms with Crippen LogP contribution in [0, 0.1) is 0 Å². The minimum atomic E-state index is -0.514. The van der Waals surface area contributed by atoms with Gasteiger partial charge in [-0.15, -0.1) is 0 Å². The Balaban J connectivity index is 1.68. The standard InChI is InChI=1S/C23H27ClN4O2/c1-23(2,3)30-22(29)26-13-12-25-21(18-8-10-20(24)11-9-18)17-6-4-16(5-7-17)19-14-27-28-15-19/h4-11,14-15,21,25H,12-13H2,1-3H3,(H,26,29)(H,27,28). The predicted octanol–water partition coefficient (Wildman–Crippen LogP) is 4.93. The number of carbonyl (C=O) groups excluding carboxylic acids is 1. The van der Waals surface area contributed by atoms with E-state index in [9.17, 15) is 4.79 Å². The number of amides is 1. The molecule has 158 valence electrons. The normalized spacial score (nSPS) is 12.4. The average Bonchev–Trinajstić information content (AvgIpc) is 3.23. The van der Waals surface area contributed by atoms with Crippen molar-refractivity contribution in [2.75, 3.05) is 13.1 Å². The van der Waals surface area contributed by atoms with E-state index in [4.69, 9.17) is 16.3 Å². The topological polar surface area (TPSA) is 79.0 Å². The largest absolute Gasteiger partial charge is 0.444 e. The summed E-state index contributed by atoms with van der Waals surface area (Å²) in [6.07, 6.45) is 3.25. The van der Waals surface area contributed by atoms with Crippen molar-refractivity contribution < 1.29 is 9.53 Å². The minimum absolute atomic E-state index is 0.0406. The van der Waals surface area contributed by atoms with E-state index in [0.717, 1.165) is 22.3 Å². The summed E-state index contributed by atoms with van der Waals surface area (Å²) in [5, 5.41) is 13.8. The van der Waals surface area contributed by atoms with Gasteiger partial charge in [0.05, 0.1) is 12.2 Å². The molecule has 3 N–H and O–H groups in total. The molecule has 0 aliphatic heterocycles. The van der Waals surface area contributed by atoms with Crippen molar-refractivity contribution in [2.45, 2.75) is 32.4 Å². The number of ether oxygens (including phenoxy) is 1.